The molecule has 0 saturated carbocycles. The van der Waals surface area contributed by atoms with Crippen molar-refractivity contribution >= 4 is 28.8 Å². The quantitative estimate of drug-likeness (QED) is 0.294. The lowest BCUT2D eigenvalue weighted by Crippen LogP contribution is -2.27. The molecule has 0 heterocycles. The van der Waals surface area contributed by atoms with Crippen LogP contribution in [-0.2, 0) is 0 Å². The molecule has 1 aliphatic rings. The average Bonchev–Trinajstić information content (AvgIpc) is 2.73. The highest BCUT2D eigenvalue weighted by atomic mass is 35.5. The summed E-state index contributed by atoms with van der Waals surface area (Å²) in [5, 5.41) is 4.22. The summed E-state index contributed by atoms with van der Waals surface area (Å²) >= 11 is 12.3. The van der Waals surface area contributed by atoms with Gasteiger partial charge in [-0.2, -0.15) is 0 Å². The number of halogens is 2. The summed E-state index contributed by atoms with van der Waals surface area (Å²) in [6.07, 6.45) is 1.00. The Morgan fingerprint density at radius 3 is 2.52 bits per heavy atom. The Balaban J connectivity index is 1.88. The molecule has 156 valence electrons. The van der Waals surface area contributed by atoms with Gasteiger partial charge in [0.2, 0.25) is 0 Å². The molecule has 2 aromatic carbocycles. The van der Waals surface area contributed by atoms with Gasteiger partial charge in [-0.15, -0.1) is 11.6 Å². The molecule has 29 heavy (non-hydrogen) atoms. The molecule has 0 amide bonds. The fourth-order valence-electron chi connectivity index (χ4n) is 3.93. The Hall–Kier alpha value is -1.52. The largest absolute Gasteiger partial charge is 0.492 e. The van der Waals surface area contributed by atoms with Crippen LogP contribution in [0.25, 0.3) is 5.57 Å². The Morgan fingerprint density at radius 1 is 1.10 bits per heavy atom. The van der Waals surface area contributed by atoms with E-state index < -0.39 is 0 Å². The highest BCUT2D eigenvalue weighted by molar-refractivity contribution is 6.30. The molecule has 0 saturated heterocycles. The molecule has 2 aromatic rings. The van der Waals surface area contributed by atoms with Crippen LogP contribution in [-0.4, -0.2) is 43.7 Å². The number of rotatable bonds is 10. The second-order valence-corrected chi connectivity index (χ2v) is 8.01. The second-order valence-electron chi connectivity index (χ2n) is 7.33. The first-order chi connectivity index (χ1) is 14.1. The molecule has 0 aliphatic heterocycles. The highest BCUT2D eigenvalue weighted by Gasteiger charge is 2.28. The van der Waals surface area contributed by atoms with Crippen molar-refractivity contribution in [3.63, 3.8) is 0 Å². The first kappa shape index (κ1) is 22.2. The van der Waals surface area contributed by atoms with Crippen LogP contribution in [0.5, 0.6) is 5.75 Å². The number of nitrogens with one attached hydrogen (secondary N) is 1. The second kappa shape index (κ2) is 10.5. The van der Waals surface area contributed by atoms with Gasteiger partial charge in [-0.1, -0.05) is 44.2 Å². The van der Waals surface area contributed by atoms with Crippen LogP contribution in [0.4, 0.5) is 0 Å². The van der Waals surface area contributed by atoms with Gasteiger partial charge in [0.25, 0.3) is 0 Å². The predicted molar refractivity (Wildman–Crippen MR) is 124 cm³/mol. The van der Waals surface area contributed by atoms with E-state index in [0.717, 1.165) is 48.9 Å². The summed E-state index contributed by atoms with van der Waals surface area (Å²) in [6.45, 7) is 12.9. The van der Waals surface area contributed by atoms with Crippen LogP contribution in [0, 0.1) is 0 Å². The lowest BCUT2D eigenvalue weighted by molar-refractivity contribution is 0.236. The summed E-state index contributed by atoms with van der Waals surface area (Å²) in [5.74, 6) is 1.16. The van der Waals surface area contributed by atoms with Gasteiger partial charge in [-0.3, -0.25) is 4.90 Å². The van der Waals surface area contributed by atoms with Gasteiger partial charge in [0.1, 0.15) is 12.4 Å². The predicted octanol–water partition coefficient (Wildman–Crippen LogP) is 5.74. The maximum absolute atomic E-state index is 6.35. The van der Waals surface area contributed by atoms with E-state index in [1.807, 2.05) is 12.1 Å². The summed E-state index contributed by atoms with van der Waals surface area (Å²) < 4.78 is 6.06. The third kappa shape index (κ3) is 5.16. The zero-order chi connectivity index (χ0) is 20.8. The van der Waals surface area contributed by atoms with Crippen LogP contribution >= 0.6 is 23.2 Å². The van der Waals surface area contributed by atoms with Crippen molar-refractivity contribution in [3.05, 3.63) is 70.3 Å². The number of likely N-dealkylation sites (N-methyl/N-ethyl adjacent to an activating group) is 1. The molecule has 0 radical (unpaired) electrons. The van der Waals surface area contributed by atoms with Gasteiger partial charge in [0.05, 0.1) is 6.00 Å². The van der Waals surface area contributed by atoms with E-state index in [0.29, 0.717) is 12.6 Å². The zero-order valence-electron chi connectivity index (χ0n) is 17.3. The first-order valence-electron chi connectivity index (χ1n) is 10.3. The van der Waals surface area contributed by atoms with E-state index >= 15 is 0 Å². The molecule has 0 bridgehead atoms. The van der Waals surface area contributed by atoms with Crippen molar-refractivity contribution in [2.45, 2.75) is 26.2 Å². The Labute approximate surface area is 184 Å². The highest BCUT2D eigenvalue weighted by Crippen LogP contribution is 2.45. The lowest BCUT2D eigenvalue weighted by Gasteiger charge is -2.31. The zero-order valence-corrected chi connectivity index (χ0v) is 18.8. The standard InChI is InChI=1S/C24H30Cl2N2O/c1-4-27-11-10-22-23-14-18(26)6-8-20(23)17(3)21-9-7-19(15-24(21)22)29-13-12-28(5-2)16-25/h6-9,14-15,22,27H,3-5,10-13,16H2,1-2H3. The van der Waals surface area contributed by atoms with Crippen molar-refractivity contribution in [2.24, 2.45) is 0 Å². The van der Waals surface area contributed by atoms with Crippen LogP contribution in [0.2, 0.25) is 5.02 Å². The molecular formula is C24H30Cl2N2O. The third-order valence-corrected chi connectivity index (χ3v) is 6.16. The van der Waals surface area contributed by atoms with E-state index in [2.05, 4.69) is 54.9 Å². The fourth-order valence-corrected chi connectivity index (χ4v) is 4.40. The summed E-state index contributed by atoms with van der Waals surface area (Å²) in [4.78, 5) is 2.14. The number of benzene rings is 2. The normalized spacial score (nSPS) is 15.3. The molecule has 0 fully saturated rings. The molecule has 1 aliphatic carbocycles. The number of alkyl halides is 1. The first-order valence-corrected chi connectivity index (χ1v) is 11.2. The van der Waals surface area contributed by atoms with E-state index in [-0.39, 0.29) is 5.92 Å². The van der Waals surface area contributed by atoms with Gasteiger partial charge in [0.15, 0.2) is 0 Å². The number of hydrogen-bond acceptors (Lipinski definition) is 3. The molecule has 1 atom stereocenters. The van der Waals surface area contributed by atoms with Crippen molar-refractivity contribution in [3.8, 4) is 5.75 Å². The summed E-state index contributed by atoms with van der Waals surface area (Å²) in [7, 11) is 0. The SMILES string of the molecule is C=C1c2ccc(Cl)cc2C(CCNCC)c2cc(OCCN(CC)CCl)ccc21. The van der Waals surface area contributed by atoms with Crippen LogP contribution in [0.1, 0.15) is 48.4 Å². The molecular weight excluding hydrogens is 403 g/mol. The molecule has 1 N–H and O–H groups in total. The minimum atomic E-state index is 0.266. The fraction of sp³-hybridized carbons (Fsp3) is 0.417. The van der Waals surface area contributed by atoms with Crippen molar-refractivity contribution in [1.82, 2.24) is 10.2 Å². The van der Waals surface area contributed by atoms with E-state index in [4.69, 9.17) is 27.9 Å². The van der Waals surface area contributed by atoms with Crippen LogP contribution in [0.15, 0.2) is 43.0 Å². The van der Waals surface area contributed by atoms with Crippen LogP contribution < -0.4 is 10.1 Å². The summed E-state index contributed by atoms with van der Waals surface area (Å²) in [6, 6.07) is 13.0. The number of hydrogen-bond donors (Lipinski definition) is 1. The van der Waals surface area contributed by atoms with Gasteiger partial charge in [0, 0.05) is 17.5 Å². The van der Waals surface area contributed by atoms with Crippen molar-refractivity contribution in [2.75, 3.05) is 38.8 Å². The Morgan fingerprint density at radius 2 is 1.83 bits per heavy atom. The van der Waals surface area contributed by atoms with Gasteiger partial charge in [-0.05, 0) is 78.1 Å². The molecule has 0 spiro atoms. The maximum atomic E-state index is 6.35. The number of ether oxygens (including phenoxy) is 1. The molecule has 3 rings (SSSR count). The lowest BCUT2D eigenvalue weighted by atomic mass is 9.74. The van der Waals surface area contributed by atoms with Gasteiger partial charge in [-0.25, -0.2) is 0 Å². The molecule has 0 aromatic heterocycles. The maximum Gasteiger partial charge on any atom is 0.119 e. The van der Waals surface area contributed by atoms with Gasteiger partial charge < -0.3 is 10.1 Å². The monoisotopic (exact) mass is 432 g/mol. The van der Waals surface area contributed by atoms with Gasteiger partial charge >= 0.3 is 0 Å². The van der Waals surface area contributed by atoms with Crippen LogP contribution in [0.3, 0.4) is 0 Å². The van der Waals surface area contributed by atoms with Crippen molar-refractivity contribution in [1.29, 1.82) is 0 Å². The molecule has 5 heteroatoms. The van der Waals surface area contributed by atoms with E-state index in [9.17, 15) is 0 Å². The topological polar surface area (TPSA) is 24.5 Å². The average molecular weight is 433 g/mol. The summed E-state index contributed by atoms with van der Waals surface area (Å²) in [5.41, 5.74) is 5.97. The smallest absolute Gasteiger partial charge is 0.119 e. The number of fused-ring (bicyclic) bond motifs is 2. The third-order valence-electron chi connectivity index (χ3n) is 5.59. The molecule has 1 unspecified atom stereocenters. The number of nitrogens with zero attached hydrogens (tertiary/aromatic N) is 1. The Kier molecular flexibility index (Phi) is 8.02. The Bertz CT molecular complexity index is 849. The minimum Gasteiger partial charge on any atom is -0.492 e. The molecule has 3 nitrogen and oxygen atoms in total. The van der Waals surface area contributed by atoms with E-state index in [1.54, 1.807) is 0 Å². The van der Waals surface area contributed by atoms with Crippen molar-refractivity contribution < 1.29 is 4.74 Å². The minimum absolute atomic E-state index is 0.266. The van der Waals surface area contributed by atoms with E-state index in [1.165, 1.54) is 22.3 Å².